The number of fused-ring (bicyclic) bond motifs is 1. The van der Waals surface area contributed by atoms with E-state index in [9.17, 15) is 0 Å². The Bertz CT molecular complexity index is 537. The molecule has 5 heteroatoms. The van der Waals surface area contributed by atoms with Crippen LogP contribution in [0.4, 0.5) is 0 Å². The normalized spacial score (nSPS) is 17.0. The summed E-state index contributed by atoms with van der Waals surface area (Å²) in [4.78, 5) is 12.3. The van der Waals surface area contributed by atoms with Crippen molar-refractivity contribution < 1.29 is 0 Å². The number of rotatable bonds is 1. The van der Waals surface area contributed by atoms with E-state index in [0.717, 1.165) is 18.5 Å². The molecule has 0 radical (unpaired) electrons. The molecule has 2 aromatic rings. The lowest BCUT2D eigenvalue weighted by atomic mass is 9.88. The molecule has 0 atom stereocenters. The largest absolute Gasteiger partial charge is 0.311 e. The molecule has 0 aliphatic heterocycles. The number of hydrogen-bond acceptors (Lipinski definition) is 3. The smallest absolute Gasteiger partial charge is 0.165 e. The molecule has 76 valence electrons. The number of hydrogen-bond donors (Lipinski definition) is 0. The summed E-state index contributed by atoms with van der Waals surface area (Å²) in [7, 11) is 0. The second kappa shape index (κ2) is 3.03. The maximum absolute atomic E-state index is 5.92. The van der Waals surface area contributed by atoms with Crippen molar-refractivity contribution in [2.75, 3.05) is 0 Å². The second-order valence-corrected chi connectivity index (χ2v) is 4.16. The molecule has 1 aliphatic rings. The minimum Gasteiger partial charge on any atom is -0.311 e. The number of imidazole rings is 1. The van der Waals surface area contributed by atoms with E-state index in [2.05, 4.69) is 26.1 Å². The third-order valence-electron chi connectivity index (χ3n) is 2.76. The van der Waals surface area contributed by atoms with Crippen LogP contribution in [0.1, 0.15) is 18.9 Å². The van der Waals surface area contributed by atoms with E-state index < -0.39 is 0 Å². The van der Waals surface area contributed by atoms with Crippen molar-refractivity contribution >= 4 is 22.8 Å². The molecular formula is C10H9ClN4. The van der Waals surface area contributed by atoms with Crippen molar-refractivity contribution in [1.82, 2.24) is 19.5 Å². The van der Waals surface area contributed by atoms with Crippen molar-refractivity contribution in [3.8, 4) is 0 Å². The average molecular weight is 221 g/mol. The third-order valence-corrected chi connectivity index (χ3v) is 3.03. The molecule has 2 aromatic heterocycles. The molecule has 0 saturated heterocycles. The number of nitrogens with zero attached hydrogens (tertiary/aromatic N) is 4. The SMILES string of the molecule is C=C1CC(n2cnc3c(Cl)ncnc32)C1. The summed E-state index contributed by atoms with van der Waals surface area (Å²) in [6, 6.07) is 0.438. The van der Waals surface area contributed by atoms with Gasteiger partial charge in [-0.3, -0.25) is 0 Å². The van der Waals surface area contributed by atoms with Gasteiger partial charge < -0.3 is 4.57 Å². The summed E-state index contributed by atoms with van der Waals surface area (Å²) in [6.07, 6.45) is 5.26. The molecule has 1 aliphatic carbocycles. The van der Waals surface area contributed by atoms with Gasteiger partial charge in [-0.25, -0.2) is 15.0 Å². The van der Waals surface area contributed by atoms with Gasteiger partial charge in [0.25, 0.3) is 0 Å². The Kier molecular flexibility index (Phi) is 1.79. The van der Waals surface area contributed by atoms with Crippen LogP contribution in [-0.2, 0) is 0 Å². The van der Waals surface area contributed by atoms with Crippen LogP contribution in [0.3, 0.4) is 0 Å². The fourth-order valence-corrected chi connectivity index (χ4v) is 2.07. The van der Waals surface area contributed by atoms with E-state index in [-0.39, 0.29) is 0 Å². The van der Waals surface area contributed by atoms with Crippen molar-refractivity contribution in [3.63, 3.8) is 0 Å². The Labute approximate surface area is 91.6 Å². The Hall–Kier alpha value is -1.42. The average Bonchev–Trinajstić information content (AvgIpc) is 2.58. The van der Waals surface area contributed by atoms with Gasteiger partial charge in [0, 0.05) is 6.04 Å². The van der Waals surface area contributed by atoms with Crippen LogP contribution in [-0.4, -0.2) is 19.5 Å². The molecule has 0 spiro atoms. The minimum atomic E-state index is 0.414. The minimum absolute atomic E-state index is 0.414. The van der Waals surface area contributed by atoms with Gasteiger partial charge in [0.05, 0.1) is 6.33 Å². The standard InChI is InChI=1S/C10H9ClN4/c1-6-2-7(3-6)15-5-14-8-9(11)12-4-13-10(8)15/h4-5,7H,1-3H2. The highest BCUT2D eigenvalue weighted by atomic mass is 35.5. The lowest BCUT2D eigenvalue weighted by molar-refractivity contribution is 0.415. The van der Waals surface area contributed by atoms with Crippen LogP contribution < -0.4 is 0 Å². The van der Waals surface area contributed by atoms with Crippen LogP contribution in [0.5, 0.6) is 0 Å². The predicted octanol–water partition coefficient (Wildman–Crippen LogP) is 2.37. The Balaban J connectivity index is 2.12. The molecule has 0 aromatic carbocycles. The van der Waals surface area contributed by atoms with Crippen LogP contribution in [0.15, 0.2) is 24.8 Å². The van der Waals surface area contributed by atoms with Gasteiger partial charge in [0.1, 0.15) is 11.8 Å². The number of allylic oxidation sites excluding steroid dienone is 1. The number of halogens is 1. The lowest BCUT2D eigenvalue weighted by Crippen LogP contribution is -2.18. The van der Waals surface area contributed by atoms with E-state index in [4.69, 9.17) is 11.6 Å². The second-order valence-electron chi connectivity index (χ2n) is 3.80. The number of aromatic nitrogens is 4. The van der Waals surface area contributed by atoms with E-state index >= 15 is 0 Å². The van der Waals surface area contributed by atoms with Crippen LogP contribution in [0, 0.1) is 0 Å². The Morgan fingerprint density at radius 2 is 2.13 bits per heavy atom. The molecule has 0 N–H and O–H groups in total. The first-order valence-electron chi connectivity index (χ1n) is 4.75. The summed E-state index contributed by atoms with van der Waals surface area (Å²) >= 11 is 5.92. The molecular weight excluding hydrogens is 212 g/mol. The zero-order valence-corrected chi connectivity index (χ0v) is 8.78. The molecule has 1 fully saturated rings. The fourth-order valence-electron chi connectivity index (χ4n) is 1.89. The zero-order valence-electron chi connectivity index (χ0n) is 8.02. The molecule has 15 heavy (non-hydrogen) atoms. The van der Waals surface area contributed by atoms with Crippen molar-refractivity contribution in [1.29, 1.82) is 0 Å². The molecule has 0 amide bonds. The Morgan fingerprint density at radius 3 is 2.87 bits per heavy atom. The van der Waals surface area contributed by atoms with E-state index in [1.165, 1.54) is 11.9 Å². The van der Waals surface area contributed by atoms with Crippen LogP contribution >= 0.6 is 11.6 Å². The first-order chi connectivity index (χ1) is 7.25. The van der Waals surface area contributed by atoms with Crippen LogP contribution in [0.2, 0.25) is 5.15 Å². The van der Waals surface area contributed by atoms with E-state index in [1.807, 2.05) is 0 Å². The Morgan fingerprint density at radius 1 is 1.33 bits per heavy atom. The third kappa shape index (κ3) is 1.25. The van der Waals surface area contributed by atoms with Crippen LogP contribution in [0.25, 0.3) is 11.2 Å². The first-order valence-corrected chi connectivity index (χ1v) is 5.13. The highest BCUT2D eigenvalue weighted by Gasteiger charge is 2.25. The first kappa shape index (κ1) is 8.85. The lowest BCUT2D eigenvalue weighted by Gasteiger charge is -2.29. The summed E-state index contributed by atoms with van der Waals surface area (Å²) in [5.74, 6) is 0. The molecule has 4 nitrogen and oxygen atoms in total. The maximum atomic E-state index is 5.92. The van der Waals surface area contributed by atoms with E-state index in [0.29, 0.717) is 16.7 Å². The van der Waals surface area contributed by atoms with Crippen molar-refractivity contribution in [2.24, 2.45) is 0 Å². The highest BCUT2D eigenvalue weighted by molar-refractivity contribution is 6.33. The zero-order chi connectivity index (χ0) is 10.4. The van der Waals surface area contributed by atoms with E-state index in [1.54, 1.807) is 6.33 Å². The molecule has 2 heterocycles. The molecule has 0 unspecified atom stereocenters. The van der Waals surface area contributed by atoms with Gasteiger partial charge in [0.2, 0.25) is 0 Å². The highest BCUT2D eigenvalue weighted by Crippen LogP contribution is 2.37. The maximum Gasteiger partial charge on any atom is 0.165 e. The van der Waals surface area contributed by atoms with Gasteiger partial charge in [-0.2, -0.15) is 0 Å². The molecule has 1 saturated carbocycles. The van der Waals surface area contributed by atoms with Crippen molar-refractivity contribution in [3.05, 3.63) is 30.0 Å². The van der Waals surface area contributed by atoms with Gasteiger partial charge in [-0.1, -0.05) is 23.8 Å². The molecule has 0 bridgehead atoms. The van der Waals surface area contributed by atoms with Gasteiger partial charge in [-0.15, -0.1) is 0 Å². The summed E-state index contributed by atoms with van der Waals surface area (Å²) in [5, 5.41) is 0.414. The predicted molar refractivity (Wildman–Crippen MR) is 57.7 cm³/mol. The van der Waals surface area contributed by atoms with Gasteiger partial charge >= 0.3 is 0 Å². The summed E-state index contributed by atoms with van der Waals surface area (Å²) in [5.41, 5.74) is 2.77. The molecule has 3 rings (SSSR count). The fraction of sp³-hybridized carbons (Fsp3) is 0.300. The van der Waals surface area contributed by atoms with Crippen molar-refractivity contribution in [2.45, 2.75) is 18.9 Å². The summed E-state index contributed by atoms with van der Waals surface area (Å²) in [6.45, 7) is 3.93. The van der Waals surface area contributed by atoms with Gasteiger partial charge in [-0.05, 0) is 12.8 Å². The van der Waals surface area contributed by atoms with Gasteiger partial charge in [0.15, 0.2) is 10.8 Å². The topological polar surface area (TPSA) is 43.6 Å². The quantitative estimate of drug-likeness (QED) is 0.548. The monoisotopic (exact) mass is 220 g/mol. The summed E-state index contributed by atoms with van der Waals surface area (Å²) < 4.78 is 2.05.